The fraction of sp³-hybridized carbons (Fsp3) is 0.250. The molecule has 0 radical (unpaired) electrons. The minimum Gasteiger partial charge on any atom is -0.368 e. The molecule has 2 aromatic carbocycles. The molecule has 142 valence electrons. The zero-order valence-electron chi connectivity index (χ0n) is 14.9. The molecular formula is C20H22ClN3O3. The van der Waals surface area contributed by atoms with Crippen LogP contribution < -0.4 is 16.4 Å². The molecule has 3 amide bonds. The number of rotatable bonds is 8. The minimum atomic E-state index is -0.914. The molecule has 0 heterocycles. The molecule has 6 nitrogen and oxygen atoms in total. The van der Waals surface area contributed by atoms with E-state index in [9.17, 15) is 14.4 Å². The lowest BCUT2D eigenvalue weighted by molar-refractivity contribution is -0.130. The van der Waals surface area contributed by atoms with Crippen LogP contribution in [-0.2, 0) is 27.2 Å². The number of carbonyl (C=O) groups excluding carboxylic acids is 3. The van der Waals surface area contributed by atoms with Gasteiger partial charge >= 0.3 is 0 Å². The smallest absolute Gasteiger partial charge is 0.243 e. The van der Waals surface area contributed by atoms with Crippen LogP contribution in [0.15, 0.2) is 54.6 Å². The van der Waals surface area contributed by atoms with Crippen molar-refractivity contribution in [2.75, 3.05) is 0 Å². The van der Waals surface area contributed by atoms with Crippen LogP contribution in [0.4, 0.5) is 0 Å². The number of hydrogen-bond acceptors (Lipinski definition) is 3. The number of primary amides is 1. The molecule has 0 spiro atoms. The van der Waals surface area contributed by atoms with Crippen LogP contribution in [0.1, 0.15) is 18.1 Å². The second-order valence-corrected chi connectivity index (χ2v) is 6.68. The lowest BCUT2D eigenvalue weighted by Gasteiger charge is -2.22. The van der Waals surface area contributed by atoms with E-state index in [1.165, 1.54) is 6.92 Å². The van der Waals surface area contributed by atoms with E-state index in [2.05, 4.69) is 10.6 Å². The zero-order chi connectivity index (χ0) is 19.8. The average molecular weight is 388 g/mol. The van der Waals surface area contributed by atoms with Crippen molar-refractivity contribution < 1.29 is 14.4 Å². The summed E-state index contributed by atoms with van der Waals surface area (Å²) < 4.78 is 0. The normalized spacial score (nSPS) is 12.7. The molecule has 0 aliphatic carbocycles. The molecular weight excluding hydrogens is 366 g/mol. The van der Waals surface area contributed by atoms with Crippen molar-refractivity contribution in [2.24, 2.45) is 5.73 Å². The first-order valence-corrected chi connectivity index (χ1v) is 8.88. The van der Waals surface area contributed by atoms with Gasteiger partial charge in [0.1, 0.15) is 12.1 Å². The van der Waals surface area contributed by atoms with Crippen molar-refractivity contribution in [1.29, 1.82) is 0 Å². The maximum absolute atomic E-state index is 12.7. The first-order valence-electron chi connectivity index (χ1n) is 8.50. The van der Waals surface area contributed by atoms with Gasteiger partial charge in [-0.1, -0.05) is 54.1 Å². The number of halogens is 1. The largest absolute Gasteiger partial charge is 0.368 e. The third kappa shape index (κ3) is 6.75. The number of carbonyl (C=O) groups is 3. The standard InChI is InChI=1S/C20H22ClN3O3/c1-13(25)23-18(11-14-6-3-2-4-7-14)20(27)24-17(19(22)26)12-15-8-5-9-16(21)10-15/h2-10,17-18H,11-12H2,1H3,(H2,22,26)(H,23,25)(H,24,27)/t17-,18-/m0/s1. The summed E-state index contributed by atoms with van der Waals surface area (Å²) in [5.41, 5.74) is 7.11. The quantitative estimate of drug-likeness (QED) is 0.641. The zero-order valence-corrected chi connectivity index (χ0v) is 15.7. The van der Waals surface area contributed by atoms with E-state index in [4.69, 9.17) is 17.3 Å². The lowest BCUT2D eigenvalue weighted by atomic mass is 10.0. The van der Waals surface area contributed by atoms with Gasteiger partial charge in [0.2, 0.25) is 17.7 Å². The molecule has 0 bridgehead atoms. The molecule has 0 unspecified atom stereocenters. The van der Waals surface area contributed by atoms with Gasteiger partial charge in [-0.3, -0.25) is 14.4 Å². The Kier molecular flexibility index (Phi) is 7.37. The van der Waals surface area contributed by atoms with E-state index in [0.717, 1.165) is 11.1 Å². The predicted octanol–water partition coefficient (Wildman–Crippen LogP) is 1.60. The second-order valence-electron chi connectivity index (χ2n) is 6.24. The highest BCUT2D eigenvalue weighted by atomic mass is 35.5. The van der Waals surface area contributed by atoms with Gasteiger partial charge < -0.3 is 16.4 Å². The number of nitrogens with two attached hydrogens (primary N) is 1. The minimum absolute atomic E-state index is 0.208. The van der Waals surface area contributed by atoms with Crippen molar-refractivity contribution in [3.63, 3.8) is 0 Å². The van der Waals surface area contributed by atoms with Gasteiger partial charge in [0.05, 0.1) is 0 Å². The van der Waals surface area contributed by atoms with Crippen LogP contribution in [0.25, 0.3) is 0 Å². The Balaban J connectivity index is 2.11. The third-order valence-corrected chi connectivity index (χ3v) is 4.20. The number of amides is 3. The first kappa shape index (κ1) is 20.5. The maximum atomic E-state index is 12.7. The summed E-state index contributed by atoms with van der Waals surface area (Å²) in [7, 11) is 0. The summed E-state index contributed by atoms with van der Waals surface area (Å²) in [6, 6.07) is 14.5. The van der Waals surface area contributed by atoms with Gasteiger partial charge in [-0.05, 0) is 23.3 Å². The summed E-state index contributed by atoms with van der Waals surface area (Å²) in [6.45, 7) is 1.34. The summed E-state index contributed by atoms with van der Waals surface area (Å²) in [5.74, 6) is -1.47. The molecule has 2 atom stereocenters. The SMILES string of the molecule is CC(=O)N[C@@H](Cc1ccccc1)C(=O)N[C@@H](Cc1cccc(Cl)c1)C(N)=O. The van der Waals surface area contributed by atoms with E-state index in [0.29, 0.717) is 11.4 Å². The molecule has 27 heavy (non-hydrogen) atoms. The molecule has 0 aliphatic heterocycles. The fourth-order valence-corrected chi connectivity index (χ4v) is 2.91. The Morgan fingerprint density at radius 3 is 2.15 bits per heavy atom. The van der Waals surface area contributed by atoms with Crippen LogP contribution in [0.3, 0.4) is 0 Å². The molecule has 7 heteroatoms. The molecule has 2 rings (SSSR count). The number of nitrogens with one attached hydrogen (secondary N) is 2. The van der Waals surface area contributed by atoms with Crippen molar-refractivity contribution in [1.82, 2.24) is 10.6 Å². The van der Waals surface area contributed by atoms with E-state index in [-0.39, 0.29) is 12.3 Å². The Bertz CT molecular complexity index is 811. The summed E-state index contributed by atoms with van der Waals surface area (Å²) in [4.78, 5) is 36.0. The van der Waals surface area contributed by atoms with E-state index in [1.54, 1.807) is 24.3 Å². The Hall–Kier alpha value is -2.86. The molecule has 0 aromatic heterocycles. The summed E-state index contributed by atoms with van der Waals surface area (Å²) >= 11 is 5.96. The lowest BCUT2D eigenvalue weighted by Crippen LogP contribution is -2.54. The van der Waals surface area contributed by atoms with Gasteiger partial charge in [-0.25, -0.2) is 0 Å². The molecule has 0 saturated carbocycles. The van der Waals surface area contributed by atoms with E-state index >= 15 is 0 Å². The highest BCUT2D eigenvalue weighted by Crippen LogP contribution is 2.12. The molecule has 0 fully saturated rings. The van der Waals surface area contributed by atoms with Gasteiger partial charge in [0.25, 0.3) is 0 Å². The Morgan fingerprint density at radius 1 is 0.926 bits per heavy atom. The average Bonchev–Trinajstić information content (AvgIpc) is 2.61. The highest BCUT2D eigenvalue weighted by molar-refractivity contribution is 6.30. The number of benzene rings is 2. The molecule has 0 saturated heterocycles. The summed E-state index contributed by atoms with van der Waals surface area (Å²) in [6.07, 6.45) is 0.509. The predicted molar refractivity (Wildman–Crippen MR) is 104 cm³/mol. The van der Waals surface area contributed by atoms with E-state index < -0.39 is 23.9 Å². The Labute approximate surface area is 163 Å². The van der Waals surface area contributed by atoms with Crippen LogP contribution >= 0.6 is 11.6 Å². The topological polar surface area (TPSA) is 101 Å². The Morgan fingerprint density at radius 2 is 1.56 bits per heavy atom. The third-order valence-electron chi connectivity index (χ3n) is 3.97. The molecule has 2 aromatic rings. The maximum Gasteiger partial charge on any atom is 0.243 e. The van der Waals surface area contributed by atoms with Crippen molar-refractivity contribution in [2.45, 2.75) is 31.8 Å². The van der Waals surface area contributed by atoms with Crippen LogP contribution in [-0.4, -0.2) is 29.8 Å². The van der Waals surface area contributed by atoms with Crippen molar-refractivity contribution >= 4 is 29.3 Å². The van der Waals surface area contributed by atoms with Gasteiger partial charge in [0.15, 0.2) is 0 Å². The van der Waals surface area contributed by atoms with Crippen LogP contribution in [0.2, 0.25) is 5.02 Å². The van der Waals surface area contributed by atoms with Crippen LogP contribution in [0.5, 0.6) is 0 Å². The van der Waals surface area contributed by atoms with E-state index in [1.807, 2.05) is 30.3 Å². The van der Waals surface area contributed by atoms with Crippen molar-refractivity contribution in [3.05, 3.63) is 70.7 Å². The molecule has 4 N–H and O–H groups in total. The molecule has 0 aliphatic rings. The van der Waals surface area contributed by atoms with Gasteiger partial charge in [-0.2, -0.15) is 0 Å². The first-order chi connectivity index (χ1) is 12.8. The summed E-state index contributed by atoms with van der Waals surface area (Å²) in [5, 5.41) is 5.79. The monoisotopic (exact) mass is 387 g/mol. The second kappa shape index (κ2) is 9.73. The van der Waals surface area contributed by atoms with Gasteiger partial charge in [0, 0.05) is 24.8 Å². The number of hydrogen-bond donors (Lipinski definition) is 3. The highest BCUT2D eigenvalue weighted by Gasteiger charge is 2.25. The van der Waals surface area contributed by atoms with Crippen molar-refractivity contribution in [3.8, 4) is 0 Å². The fourth-order valence-electron chi connectivity index (χ4n) is 2.70. The van der Waals surface area contributed by atoms with Gasteiger partial charge in [-0.15, -0.1) is 0 Å². The van der Waals surface area contributed by atoms with Crippen LogP contribution in [0, 0.1) is 0 Å².